The van der Waals surface area contributed by atoms with Crippen LogP contribution in [-0.4, -0.2) is 0 Å². The Labute approximate surface area is 88.8 Å². The maximum Gasteiger partial charge on any atom is -0.0149 e. The summed E-state index contributed by atoms with van der Waals surface area (Å²) >= 11 is 0. The first-order valence-electron chi connectivity index (χ1n) is 6.32. The number of rotatable bonds is 1. The maximum atomic E-state index is 2.53. The van der Waals surface area contributed by atoms with Gasteiger partial charge in [-0.25, -0.2) is 0 Å². The van der Waals surface area contributed by atoms with Gasteiger partial charge in [0.15, 0.2) is 0 Å². The predicted octanol–water partition coefficient (Wildman–Crippen LogP) is 4.56. The Balaban J connectivity index is 2.16. The molecule has 0 N–H and O–H groups in total. The van der Waals surface area contributed by atoms with Gasteiger partial charge in [0.1, 0.15) is 0 Å². The lowest BCUT2D eigenvalue weighted by molar-refractivity contribution is 0.0859. The van der Waals surface area contributed by atoms with E-state index in [-0.39, 0.29) is 0 Å². The van der Waals surface area contributed by atoms with Crippen molar-refractivity contribution in [1.82, 2.24) is 0 Å². The van der Waals surface area contributed by atoms with Gasteiger partial charge in [-0.3, -0.25) is 0 Å². The minimum absolute atomic E-state index is 0.657. The second-order valence-corrected chi connectivity index (χ2v) is 5.74. The molecule has 0 bridgehead atoms. The Morgan fingerprint density at radius 1 is 1.43 bits per heavy atom. The third-order valence-electron chi connectivity index (χ3n) is 4.84. The summed E-state index contributed by atoms with van der Waals surface area (Å²) in [5.74, 6) is 1.92. The molecule has 0 aromatic carbocycles. The first-order chi connectivity index (χ1) is 6.65. The van der Waals surface area contributed by atoms with E-state index < -0.39 is 0 Å². The van der Waals surface area contributed by atoms with Gasteiger partial charge in [0, 0.05) is 0 Å². The van der Waals surface area contributed by atoms with Crippen molar-refractivity contribution < 1.29 is 0 Å². The fourth-order valence-corrected chi connectivity index (χ4v) is 3.62. The molecule has 0 amide bonds. The molecule has 0 aromatic rings. The molecule has 0 nitrogen and oxygen atoms in total. The SMILES string of the molecule is CC[C@@H]1CC[C@@]2(C)CCC=C(C)[C@@H]2C1. The molecule has 0 aliphatic heterocycles. The van der Waals surface area contributed by atoms with Gasteiger partial charge in [-0.1, -0.05) is 31.9 Å². The van der Waals surface area contributed by atoms with Crippen LogP contribution < -0.4 is 0 Å². The van der Waals surface area contributed by atoms with E-state index in [1.807, 2.05) is 0 Å². The Kier molecular flexibility index (Phi) is 2.72. The quantitative estimate of drug-likeness (QED) is 0.534. The summed E-state index contributed by atoms with van der Waals surface area (Å²) in [7, 11) is 0. The van der Waals surface area contributed by atoms with Gasteiger partial charge in [0.05, 0.1) is 0 Å². The van der Waals surface area contributed by atoms with Gasteiger partial charge < -0.3 is 0 Å². The zero-order valence-electron chi connectivity index (χ0n) is 9.97. The van der Waals surface area contributed by atoms with E-state index in [0.29, 0.717) is 5.41 Å². The Morgan fingerprint density at radius 3 is 2.93 bits per heavy atom. The molecule has 0 saturated heterocycles. The van der Waals surface area contributed by atoms with E-state index in [1.165, 1.54) is 38.5 Å². The van der Waals surface area contributed by atoms with Crippen molar-refractivity contribution in [3.8, 4) is 0 Å². The molecular formula is C14H24. The topological polar surface area (TPSA) is 0 Å². The lowest BCUT2D eigenvalue weighted by Crippen LogP contribution is -2.36. The third kappa shape index (κ3) is 1.64. The van der Waals surface area contributed by atoms with Crippen LogP contribution in [0.15, 0.2) is 11.6 Å². The van der Waals surface area contributed by atoms with Gasteiger partial charge in [0.2, 0.25) is 0 Å². The second kappa shape index (κ2) is 3.72. The summed E-state index contributed by atoms with van der Waals surface area (Å²) in [6.45, 7) is 7.25. The summed E-state index contributed by atoms with van der Waals surface area (Å²) < 4.78 is 0. The molecule has 1 fully saturated rings. The first-order valence-corrected chi connectivity index (χ1v) is 6.32. The van der Waals surface area contributed by atoms with Crippen LogP contribution >= 0.6 is 0 Å². The van der Waals surface area contributed by atoms with Crippen molar-refractivity contribution in [3.63, 3.8) is 0 Å². The van der Waals surface area contributed by atoms with E-state index in [1.54, 1.807) is 5.57 Å². The van der Waals surface area contributed by atoms with Crippen LogP contribution in [0.2, 0.25) is 0 Å². The summed E-state index contributed by atoms with van der Waals surface area (Å²) in [6, 6.07) is 0. The average Bonchev–Trinajstić information content (AvgIpc) is 2.17. The number of allylic oxidation sites excluding steroid dienone is 2. The van der Waals surface area contributed by atoms with Gasteiger partial charge >= 0.3 is 0 Å². The monoisotopic (exact) mass is 192 g/mol. The van der Waals surface area contributed by atoms with Crippen molar-refractivity contribution >= 4 is 0 Å². The summed E-state index contributed by atoms with van der Waals surface area (Å²) in [6.07, 6.45) is 11.1. The van der Waals surface area contributed by atoms with Crippen LogP contribution in [-0.2, 0) is 0 Å². The fourth-order valence-electron chi connectivity index (χ4n) is 3.62. The Bertz CT molecular complexity index is 238. The number of fused-ring (bicyclic) bond motifs is 1. The highest BCUT2D eigenvalue weighted by Gasteiger charge is 2.40. The highest BCUT2D eigenvalue weighted by Crippen LogP contribution is 2.52. The molecule has 80 valence electrons. The van der Waals surface area contributed by atoms with Gasteiger partial charge in [-0.15, -0.1) is 0 Å². The lowest BCUT2D eigenvalue weighted by Gasteiger charge is -2.47. The van der Waals surface area contributed by atoms with Crippen molar-refractivity contribution in [2.75, 3.05) is 0 Å². The summed E-state index contributed by atoms with van der Waals surface area (Å²) in [5.41, 5.74) is 2.35. The minimum Gasteiger partial charge on any atom is -0.0853 e. The maximum absolute atomic E-state index is 2.53. The molecule has 0 radical (unpaired) electrons. The molecule has 0 spiro atoms. The van der Waals surface area contributed by atoms with E-state index >= 15 is 0 Å². The van der Waals surface area contributed by atoms with E-state index in [2.05, 4.69) is 26.8 Å². The standard InChI is InChI=1S/C14H24/c1-4-12-7-9-14(3)8-5-6-11(2)13(14)10-12/h6,12-13H,4-5,7-10H2,1-3H3/t12-,13+,14-/m1/s1. The largest absolute Gasteiger partial charge is 0.0853 e. The van der Waals surface area contributed by atoms with E-state index in [9.17, 15) is 0 Å². The molecule has 0 unspecified atom stereocenters. The molecule has 2 rings (SSSR count). The van der Waals surface area contributed by atoms with Crippen LogP contribution in [0, 0.1) is 17.3 Å². The normalized spacial score (nSPS) is 42.9. The molecule has 0 heteroatoms. The first kappa shape index (κ1) is 10.3. The van der Waals surface area contributed by atoms with E-state index in [0.717, 1.165) is 11.8 Å². The van der Waals surface area contributed by atoms with Crippen molar-refractivity contribution in [1.29, 1.82) is 0 Å². The van der Waals surface area contributed by atoms with Crippen molar-refractivity contribution in [2.24, 2.45) is 17.3 Å². The summed E-state index contributed by atoms with van der Waals surface area (Å²) in [4.78, 5) is 0. The van der Waals surface area contributed by atoms with Gasteiger partial charge in [-0.05, 0) is 56.3 Å². The smallest absolute Gasteiger partial charge is 0.0149 e. The van der Waals surface area contributed by atoms with E-state index in [4.69, 9.17) is 0 Å². The summed E-state index contributed by atoms with van der Waals surface area (Å²) in [5, 5.41) is 0. The average molecular weight is 192 g/mol. The molecule has 2 aliphatic carbocycles. The minimum atomic E-state index is 0.657. The van der Waals surface area contributed by atoms with Crippen LogP contribution in [0.25, 0.3) is 0 Å². The number of hydrogen-bond acceptors (Lipinski definition) is 0. The zero-order valence-corrected chi connectivity index (χ0v) is 9.97. The molecule has 3 atom stereocenters. The second-order valence-electron chi connectivity index (χ2n) is 5.74. The van der Waals surface area contributed by atoms with Crippen LogP contribution in [0.5, 0.6) is 0 Å². The highest BCUT2D eigenvalue weighted by molar-refractivity contribution is 5.14. The molecule has 2 aliphatic rings. The van der Waals surface area contributed by atoms with Gasteiger partial charge in [0.25, 0.3) is 0 Å². The number of hydrogen-bond donors (Lipinski definition) is 0. The molecule has 1 saturated carbocycles. The zero-order chi connectivity index (χ0) is 10.2. The predicted molar refractivity (Wildman–Crippen MR) is 62.2 cm³/mol. The molecule has 0 aromatic heterocycles. The fraction of sp³-hybridized carbons (Fsp3) is 0.857. The van der Waals surface area contributed by atoms with Crippen molar-refractivity contribution in [3.05, 3.63) is 11.6 Å². The lowest BCUT2D eigenvalue weighted by atomic mass is 9.58. The van der Waals surface area contributed by atoms with Crippen molar-refractivity contribution in [2.45, 2.75) is 59.3 Å². The molecular weight excluding hydrogens is 168 g/mol. The molecule has 14 heavy (non-hydrogen) atoms. The van der Waals surface area contributed by atoms with Crippen LogP contribution in [0.4, 0.5) is 0 Å². The Hall–Kier alpha value is -0.260. The molecule has 0 heterocycles. The van der Waals surface area contributed by atoms with Crippen LogP contribution in [0.1, 0.15) is 59.3 Å². The highest BCUT2D eigenvalue weighted by atomic mass is 14.5. The third-order valence-corrected chi connectivity index (χ3v) is 4.84. The van der Waals surface area contributed by atoms with Gasteiger partial charge in [-0.2, -0.15) is 0 Å². The Morgan fingerprint density at radius 2 is 2.21 bits per heavy atom. The van der Waals surface area contributed by atoms with Crippen LogP contribution in [0.3, 0.4) is 0 Å².